The Kier molecular flexibility index (Phi) is 3.58. The van der Waals surface area contributed by atoms with Crippen molar-refractivity contribution in [3.05, 3.63) is 12.7 Å². The van der Waals surface area contributed by atoms with E-state index >= 15 is 0 Å². The third kappa shape index (κ3) is 2.81. The number of aromatic nitrogens is 3. The summed E-state index contributed by atoms with van der Waals surface area (Å²) < 4.78 is 1.46. The average molecular weight is 198 g/mol. The Balaban J connectivity index is 2.45. The first-order valence-corrected chi connectivity index (χ1v) is 4.41. The minimum absolute atomic E-state index is 0.184. The van der Waals surface area contributed by atoms with Crippen LogP contribution in [0.2, 0.25) is 0 Å². The smallest absolute Gasteiger partial charge is 0.244 e. The Bertz CT molecular complexity index is 284. The molecule has 0 aliphatic rings. The molecule has 1 rings (SSSR count). The maximum absolute atomic E-state index is 11.4. The van der Waals surface area contributed by atoms with Gasteiger partial charge in [-0.15, -0.1) is 0 Å². The number of aliphatic hydroxyl groups is 1. The molecular formula is C8H14N4O2. The van der Waals surface area contributed by atoms with Gasteiger partial charge in [0.15, 0.2) is 0 Å². The van der Waals surface area contributed by atoms with E-state index in [2.05, 4.69) is 15.4 Å². The van der Waals surface area contributed by atoms with Crippen molar-refractivity contribution in [3.63, 3.8) is 0 Å². The second-order valence-electron chi connectivity index (χ2n) is 3.15. The zero-order chi connectivity index (χ0) is 10.6. The molecule has 2 atom stereocenters. The molecule has 0 bridgehead atoms. The summed E-state index contributed by atoms with van der Waals surface area (Å²) in [6, 6.07) is -0.406. The Hall–Kier alpha value is -1.43. The van der Waals surface area contributed by atoms with Crippen molar-refractivity contribution < 1.29 is 9.90 Å². The van der Waals surface area contributed by atoms with Crippen LogP contribution in [0.25, 0.3) is 0 Å². The number of nitrogens with one attached hydrogen (secondary N) is 1. The maximum Gasteiger partial charge on any atom is 0.244 e. The van der Waals surface area contributed by atoms with E-state index in [-0.39, 0.29) is 12.5 Å². The lowest BCUT2D eigenvalue weighted by molar-refractivity contribution is -0.124. The highest BCUT2D eigenvalue weighted by Gasteiger charge is 2.14. The molecule has 0 fully saturated rings. The first kappa shape index (κ1) is 10.6. The Morgan fingerprint density at radius 1 is 1.64 bits per heavy atom. The summed E-state index contributed by atoms with van der Waals surface area (Å²) in [5, 5.41) is 15.4. The molecule has 0 aliphatic carbocycles. The number of hydrogen-bond donors (Lipinski definition) is 2. The van der Waals surface area contributed by atoms with Crippen molar-refractivity contribution >= 4 is 5.91 Å². The number of carbonyl (C=O) groups excluding carboxylic acids is 1. The fourth-order valence-electron chi connectivity index (χ4n) is 0.934. The van der Waals surface area contributed by atoms with Crippen molar-refractivity contribution in [1.82, 2.24) is 20.1 Å². The molecule has 0 saturated heterocycles. The molecule has 1 aromatic heterocycles. The lowest BCUT2D eigenvalue weighted by Gasteiger charge is -2.12. The average Bonchev–Trinajstić information content (AvgIpc) is 2.65. The van der Waals surface area contributed by atoms with Crippen molar-refractivity contribution in [2.45, 2.75) is 26.0 Å². The van der Waals surface area contributed by atoms with Gasteiger partial charge >= 0.3 is 0 Å². The van der Waals surface area contributed by atoms with E-state index in [1.807, 2.05) is 0 Å². The van der Waals surface area contributed by atoms with Gasteiger partial charge in [0.25, 0.3) is 0 Å². The van der Waals surface area contributed by atoms with Gasteiger partial charge in [-0.05, 0) is 13.8 Å². The number of amides is 1. The van der Waals surface area contributed by atoms with E-state index in [0.29, 0.717) is 0 Å². The SMILES string of the molecule is CC(C(=O)NC[C@@H](C)O)n1cncn1. The van der Waals surface area contributed by atoms with Crippen LogP contribution in [0.1, 0.15) is 19.9 Å². The van der Waals surface area contributed by atoms with E-state index in [9.17, 15) is 4.79 Å². The highest BCUT2D eigenvalue weighted by molar-refractivity contribution is 5.79. The molecule has 1 unspecified atom stereocenters. The van der Waals surface area contributed by atoms with Crippen molar-refractivity contribution in [1.29, 1.82) is 0 Å². The van der Waals surface area contributed by atoms with E-state index in [1.165, 1.54) is 17.3 Å². The van der Waals surface area contributed by atoms with E-state index < -0.39 is 12.1 Å². The van der Waals surface area contributed by atoms with Crippen LogP contribution >= 0.6 is 0 Å². The molecule has 1 heterocycles. The van der Waals surface area contributed by atoms with Crippen LogP contribution in [0.15, 0.2) is 12.7 Å². The second-order valence-corrected chi connectivity index (χ2v) is 3.15. The molecule has 0 aliphatic heterocycles. The predicted molar refractivity (Wildman–Crippen MR) is 49.4 cm³/mol. The van der Waals surface area contributed by atoms with Gasteiger partial charge in [-0.1, -0.05) is 0 Å². The first-order valence-electron chi connectivity index (χ1n) is 4.41. The quantitative estimate of drug-likeness (QED) is 0.672. The largest absolute Gasteiger partial charge is 0.392 e. The van der Waals surface area contributed by atoms with Gasteiger partial charge in [0.1, 0.15) is 18.7 Å². The first-order chi connectivity index (χ1) is 6.61. The molecule has 14 heavy (non-hydrogen) atoms. The third-order valence-corrected chi connectivity index (χ3v) is 1.78. The monoisotopic (exact) mass is 198 g/mol. The van der Waals surface area contributed by atoms with Crippen LogP contribution in [-0.4, -0.2) is 38.4 Å². The number of carbonyl (C=O) groups is 1. The van der Waals surface area contributed by atoms with Gasteiger partial charge in [0.2, 0.25) is 5.91 Å². The summed E-state index contributed by atoms with van der Waals surface area (Å²) in [6.45, 7) is 3.57. The van der Waals surface area contributed by atoms with Crippen molar-refractivity contribution in [2.75, 3.05) is 6.54 Å². The normalized spacial score (nSPS) is 14.8. The number of aliphatic hydroxyl groups excluding tert-OH is 1. The summed E-state index contributed by atoms with van der Waals surface area (Å²) in [5.74, 6) is -0.184. The highest BCUT2D eigenvalue weighted by Crippen LogP contribution is 2.00. The van der Waals surface area contributed by atoms with Gasteiger partial charge in [-0.3, -0.25) is 4.79 Å². The standard InChI is InChI=1S/C8H14N4O2/c1-6(13)3-10-8(14)7(2)12-5-9-4-11-12/h4-7,13H,3H2,1-2H3,(H,10,14)/t6-,7?/m1/s1. The van der Waals surface area contributed by atoms with Gasteiger partial charge < -0.3 is 10.4 Å². The molecule has 0 saturated carbocycles. The maximum atomic E-state index is 11.4. The Labute approximate surface area is 82.0 Å². The molecule has 78 valence electrons. The van der Waals surface area contributed by atoms with Crippen LogP contribution in [0.3, 0.4) is 0 Å². The Morgan fingerprint density at radius 2 is 2.36 bits per heavy atom. The topological polar surface area (TPSA) is 80.0 Å². The summed E-state index contributed by atoms with van der Waals surface area (Å²) in [7, 11) is 0. The highest BCUT2D eigenvalue weighted by atomic mass is 16.3. The summed E-state index contributed by atoms with van der Waals surface area (Å²) in [6.07, 6.45) is 2.31. The zero-order valence-electron chi connectivity index (χ0n) is 8.21. The fraction of sp³-hybridized carbons (Fsp3) is 0.625. The summed E-state index contributed by atoms with van der Waals surface area (Å²) in [5.41, 5.74) is 0. The van der Waals surface area contributed by atoms with E-state index in [0.717, 1.165) is 0 Å². The molecular weight excluding hydrogens is 184 g/mol. The lowest BCUT2D eigenvalue weighted by atomic mass is 10.3. The molecule has 2 N–H and O–H groups in total. The van der Waals surface area contributed by atoms with Gasteiger partial charge in [-0.2, -0.15) is 5.10 Å². The molecule has 0 spiro atoms. The van der Waals surface area contributed by atoms with E-state index in [4.69, 9.17) is 5.11 Å². The van der Waals surface area contributed by atoms with Gasteiger partial charge in [0.05, 0.1) is 6.10 Å². The number of hydrogen-bond acceptors (Lipinski definition) is 4. The second kappa shape index (κ2) is 4.71. The molecule has 0 radical (unpaired) electrons. The molecule has 6 heteroatoms. The summed E-state index contributed by atoms with van der Waals surface area (Å²) in [4.78, 5) is 15.2. The van der Waals surface area contributed by atoms with Crippen molar-refractivity contribution in [3.8, 4) is 0 Å². The predicted octanol–water partition coefficient (Wildman–Crippen LogP) is -0.664. The fourth-order valence-corrected chi connectivity index (χ4v) is 0.934. The van der Waals surface area contributed by atoms with Crippen LogP contribution in [0.4, 0.5) is 0 Å². The van der Waals surface area contributed by atoms with Crippen LogP contribution in [0.5, 0.6) is 0 Å². The van der Waals surface area contributed by atoms with E-state index in [1.54, 1.807) is 13.8 Å². The zero-order valence-corrected chi connectivity index (χ0v) is 8.21. The minimum Gasteiger partial charge on any atom is -0.392 e. The van der Waals surface area contributed by atoms with Gasteiger partial charge in [-0.25, -0.2) is 9.67 Å². The minimum atomic E-state index is -0.540. The number of rotatable bonds is 4. The molecule has 6 nitrogen and oxygen atoms in total. The Morgan fingerprint density at radius 3 is 2.86 bits per heavy atom. The molecule has 0 aromatic carbocycles. The molecule has 1 amide bonds. The lowest BCUT2D eigenvalue weighted by Crippen LogP contribution is -2.35. The molecule has 1 aromatic rings. The van der Waals surface area contributed by atoms with Gasteiger partial charge in [0, 0.05) is 6.54 Å². The van der Waals surface area contributed by atoms with Crippen LogP contribution in [-0.2, 0) is 4.79 Å². The summed E-state index contributed by atoms with van der Waals surface area (Å²) >= 11 is 0. The van der Waals surface area contributed by atoms with Crippen LogP contribution < -0.4 is 5.32 Å². The van der Waals surface area contributed by atoms with Crippen molar-refractivity contribution in [2.24, 2.45) is 0 Å². The van der Waals surface area contributed by atoms with Crippen LogP contribution in [0, 0.1) is 0 Å². The number of nitrogens with zero attached hydrogens (tertiary/aromatic N) is 3. The third-order valence-electron chi connectivity index (χ3n) is 1.78.